The zero-order valence-electron chi connectivity index (χ0n) is 15.9. The second-order valence-corrected chi connectivity index (χ2v) is 6.82. The molecule has 0 saturated heterocycles. The number of hydrogen-bond acceptors (Lipinski definition) is 4. The van der Waals surface area contributed by atoms with Crippen molar-refractivity contribution in [3.05, 3.63) is 53.2 Å². The van der Waals surface area contributed by atoms with Crippen molar-refractivity contribution >= 4 is 35.6 Å². The van der Waals surface area contributed by atoms with Crippen LogP contribution in [0, 0.1) is 0 Å². The van der Waals surface area contributed by atoms with E-state index >= 15 is 0 Å². The van der Waals surface area contributed by atoms with E-state index in [0.717, 1.165) is 24.2 Å². The van der Waals surface area contributed by atoms with Crippen molar-refractivity contribution in [2.24, 2.45) is 10.7 Å². The minimum absolute atomic E-state index is 0. The van der Waals surface area contributed by atoms with Crippen LogP contribution < -0.4 is 15.8 Å². The number of nitrogens with one attached hydrogen (secondary N) is 1. The number of ether oxygens (including phenoxy) is 1. The number of aryl methyl sites for hydroxylation is 2. The maximum Gasteiger partial charge on any atom is 0.213 e. The maximum atomic E-state index is 6.04. The van der Waals surface area contributed by atoms with Crippen LogP contribution in [0.15, 0.2) is 41.5 Å². The molecule has 1 heterocycles. The first-order valence-corrected chi connectivity index (χ1v) is 9.01. The van der Waals surface area contributed by atoms with E-state index in [0.29, 0.717) is 25.0 Å². The summed E-state index contributed by atoms with van der Waals surface area (Å²) >= 11 is 0. The minimum Gasteiger partial charge on any atom is -0.476 e. The van der Waals surface area contributed by atoms with Crippen molar-refractivity contribution in [1.82, 2.24) is 9.88 Å². The Balaban J connectivity index is 0.00000261. The molecule has 1 aromatic carbocycles. The van der Waals surface area contributed by atoms with Crippen molar-refractivity contribution in [3.63, 3.8) is 0 Å². The third kappa shape index (κ3) is 6.66. The van der Waals surface area contributed by atoms with Crippen LogP contribution in [-0.2, 0) is 19.4 Å². The van der Waals surface area contributed by atoms with Gasteiger partial charge in [-0.2, -0.15) is 0 Å². The molecule has 2 aromatic rings. The number of hydrogen-bond donors (Lipinski definition) is 2. The van der Waals surface area contributed by atoms with Crippen molar-refractivity contribution in [1.29, 1.82) is 0 Å². The molecule has 0 bridgehead atoms. The average Bonchev–Trinajstić information content (AvgIpc) is 3.08. The first-order chi connectivity index (χ1) is 12.6. The fraction of sp³-hybridized carbons (Fsp3) is 0.400. The lowest BCUT2D eigenvalue weighted by molar-refractivity contribution is 0.253. The third-order valence-corrected chi connectivity index (χ3v) is 4.39. The Kier molecular flexibility index (Phi) is 8.30. The first-order valence-electron chi connectivity index (χ1n) is 9.01. The fourth-order valence-corrected chi connectivity index (χ4v) is 2.97. The monoisotopic (exact) mass is 481 g/mol. The normalized spacial score (nSPS) is 13.2. The number of halogens is 1. The predicted octanol–water partition coefficient (Wildman–Crippen LogP) is 3.06. The Morgan fingerprint density at radius 1 is 1.22 bits per heavy atom. The van der Waals surface area contributed by atoms with E-state index in [4.69, 9.17) is 10.5 Å². The van der Waals surface area contributed by atoms with Crippen LogP contribution in [0.2, 0.25) is 0 Å². The van der Waals surface area contributed by atoms with E-state index < -0.39 is 0 Å². The molecule has 3 N–H and O–H groups in total. The highest BCUT2D eigenvalue weighted by molar-refractivity contribution is 14.0. The number of guanidine groups is 1. The number of anilines is 1. The molecule has 0 radical (unpaired) electrons. The Bertz CT molecular complexity index is 779. The topological polar surface area (TPSA) is 75.8 Å². The van der Waals surface area contributed by atoms with Crippen molar-refractivity contribution in [3.8, 4) is 5.88 Å². The molecule has 6 nitrogen and oxygen atoms in total. The maximum absolute atomic E-state index is 6.04. The summed E-state index contributed by atoms with van der Waals surface area (Å²) in [5.41, 5.74) is 10.9. The Hall–Kier alpha value is -1.87. The van der Waals surface area contributed by atoms with E-state index in [1.54, 1.807) is 6.20 Å². The van der Waals surface area contributed by atoms with Crippen molar-refractivity contribution in [2.75, 3.05) is 32.6 Å². The van der Waals surface area contributed by atoms with E-state index in [9.17, 15) is 0 Å². The number of fused-ring (bicyclic) bond motifs is 1. The molecule has 146 valence electrons. The van der Waals surface area contributed by atoms with E-state index in [2.05, 4.69) is 38.4 Å². The van der Waals surface area contributed by atoms with Gasteiger partial charge in [-0.25, -0.2) is 9.98 Å². The molecule has 27 heavy (non-hydrogen) atoms. The second-order valence-electron chi connectivity index (χ2n) is 6.82. The van der Waals surface area contributed by atoms with Gasteiger partial charge < -0.3 is 20.7 Å². The molecule has 1 aliphatic carbocycles. The molecule has 0 amide bonds. The van der Waals surface area contributed by atoms with Crippen LogP contribution in [0.5, 0.6) is 5.88 Å². The number of benzene rings is 1. The van der Waals surface area contributed by atoms with Gasteiger partial charge >= 0.3 is 0 Å². The van der Waals surface area contributed by atoms with Gasteiger partial charge in [-0.1, -0.05) is 6.07 Å². The van der Waals surface area contributed by atoms with Gasteiger partial charge in [0.15, 0.2) is 5.96 Å². The van der Waals surface area contributed by atoms with Crippen LogP contribution in [0.25, 0.3) is 0 Å². The lowest BCUT2D eigenvalue weighted by atomic mass is 10.1. The average molecular weight is 481 g/mol. The highest BCUT2D eigenvalue weighted by Crippen LogP contribution is 2.24. The van der Waals surface area contributed by atoms with Crippen LogP contribution in [0.1, 0.15) is 23.1 Å². The molecule has 0 spiro atoms. The highest BCUT2D eigenvalue weighted by Gasteiger charge is 2.10. The summed E-state index contributed by atoms with van der Waals surface area (Å²) in [5.74, 6) is 1.03. The molecule has 3 rings (SSSR count). The number of pyridine rings is 1. The molecule has 0 unspecified atom stereocenters. The van der Waals surface area contributed by atoms with E-state index in [1.165, 1.54) is 24.0 Å². The van der Waals surface area contributed by atoms with Crippen LogP contribution >= 0.6 is 24.0 Å². The molecule has 0 atom stereocenters. The van der Waals surface area contributed by atoms with Gasteiger partial charge in [0.2, 0.25) is 5.88 Å². The van der Waals surface area contributed by atoms with Crippen molar-refractivity contribution in [2.45, 2.75) is 25.8 Å². The number of nitrogens with two attached hydrogens (primary N) is 1. The number of likely N-dealkylation sites (N-methyl/N-ethyl adjacent to an activating group) is 1. The summed E-state index contributed by atoms with van der Waals surface area (Å²) in [6.07, 6.45) is 5.30. The summed E-state index contributed by atoms with van der Waals surface area (Å²) < 4.78 is 5.65. The summed E-state index contributed by atoms with van der Waals surface area (Å²) in [5, 5.41) is 3.18. The molecule has 1 aromatic heterocycles. The number of nitrogens with zero attached hydrogens (tertiary/aromatic N) is 3. The number of aliphatic imine (C=N–C) groups is 1. The molecule has 1 aliphatic rings. The lowest BCUT2D eigenvalue weighted by Gasteiger charge is -2.11. The third-order valence-electron chi connectivity index (χ3n) is 4.39. The quantitative estimate of drug-likeness (QED) is 0.361. The SMILES string of the molecule is CN(C)CCOc1cc(CN=C(N)Nc2ccc3c(c2)CCC3)ccn1.I. The molecular formula is C20H28IN5O. The molecule has 7 heteroatoms. The van der Waals surface area contributed by atoms with Gasteiger partial charge in [0.05, 0.1) is 6.54 Å². The first kappa shape index (κ1) is 21.4. The smallest absolute Gasteiger partial charge is 0.213 e. The van der Waals surface area contributed by atoms with E-state index in [1.807, 2.05) is 26.2 Å². The standard InChI is InChI=1S/C20H27N5O.HI/c1-25(2)10-11-26-19-12-15(8-9-22-19)14-23-20(21)24-18-7-6-16-4-3-5-17(16)13-18;/h6-9,12-13H,3-5,10-11,14H2,1-2H3,(H3,21,23,24);1H. The van der Waals surface area contributed by atoms with Crippen LogP contribution in [0.4, 0.5) is 5.69 Å². The van der Waals surface area contributed by atoms with Crippen LogP contribution in [0.3, 0.4) is 0 Å². The fourth-order valence-electron chi connectivity index (χ4n) is 2.97. The number of aromatic nitrogens is 1. The van der Waals surface area contributed by atoms with Gasteiger partial charge in [-0.05, 0) is 68.2 Å². The largest absolute Gasteiger partial charge is 0.476 e. The van der Waals surface area contributed by atoms with Gasteiger partial charge in [0.25, 0.3) is 0 Å². The van der Waals surface area contributed by atoms with Crippen LogP contribution in [-0.4, -0.2) is 43.1 Å². The zero-order valence-corrected chi connectivity index (χ0v) is 18.3. The summed E-state index contributed by atoms with van der Waals surface area (Å²) in [7, 11) is 4.03. The molecule has 0 aliphatic heterocycles. The molecular weight excluding hydrogens is 453 g/mol. The predicted molar refractivity (Wildman–Crippen MR) is 121 cm³/mol. The number of rotatable bonds is 7. The van der Waals surface area contributed by atoms with Gasteiger partial charge in [0, 0.05) is 24.5 Å². The summed E-state index contributed by atoms with van der Waals surface area (Å²) in [6.45, 7) is 1.94. The van der Waals surface area contributed by atoms with Gasteiger partial charge in [0.1, 0.15) is 6.61 Å². The highest BCUT2D eigenvalue weighted by atomic mass is 127. The Labute approximate surface area is 178 Å². The summed E-state index contributed by atoms with van der Waals surface area (Å²) in [4.78, 5) is 10.7. The Morgan fingerprint density at radius 3 is 2.85 bits per heavy atom. The van der Waals surface area contributed by atoms with Gasteiger partial charge in [-0.3, -0.25) is 0 Å². The second kappa shape index (κ2) is 10.5. The minimum atomic E-state index is 0. The Morgan fingerprint density at radius 2 is 2.04 bits per heavy atom. The zero-order chi connectivity index (χ0) is 18.4. The van der Waals surface area contributed by atoms with Gasteiger partial charge in [-0.15, -0.1) is 24.0 Å². The molecule has 0 fully saturated rings. The molecule has 0 saturated carbocycles. The van der Waals surface area contributed by atoms with Crippen molar-refractivity contribution < 1.29 is 4.74 Å². The van der Waals surface area contributed by atoms with E-state index in [-0.39, 0.29) is 24.0 Å². The lowest BCUT2D eigenvalue weighted by Crippen LogP contribution is -2.22. The summed E-state index contributed by atoms with van der Waals surface area (Å²) in [6, 6.07) is 10.2.